The summed E-state index contributed by atoms with van der Waals surface area (Å²) in [7, 11) is -3.98. The fraction of sp³-hybridized carbons (Fsp3) is 0. The summed E-state index contributed by atoms with van der Waals surface area (Å²) >= 11 is 5.86. The number of non-ortho nitro benzene ring substituents is 1. The van der Waals surface area contributed by atoms with E-state index in [0.29, 0.717) is 16.7 Å². The number of nitro groups is 1. The molecule has 0 amide bonds. The van der Waals surface area contributed by atoms with Gasteiger partial charge in [-0.2, -0.15) is 0 Å². The van der Waals surface area contributed by atoms with Crippen LogP contribution >= 0.6 is 11.6 Å². The highest BCUT2D eigenvalue weighted by molar-refractivity contribution is 7.92. The van der Waals surface area contributed by atoms with Gasteiger partial charge >= 0.3 is 0 Å². The minimum absolute atomic E-state index is 0.227. The van der Waals surface area contributed by atoms with E-state index in [0.717, 1.165) is 18.2 Å². The second-order valence-corrected chi connectivity index (χ2v) is 6.67. The van der Waals surface area contributed by atoms with Crippen molar-refractivity contribution in [2.75, 3.05) is 4.72 Å². The van der Waals surface area contributed by atoms with Gasteiger partial charge in [0.25, 0.3) is 15.7 Å². The molecule has 0 aliphatic rings. The predicted molar refractivity (Wildman–Crippen MR) is 85.0 cm³/mol. The molecule has 0 aliphatic carbocycles. The highest BCUT2D eigenvalue weighted by Gasteiger charge is 2.21. The van der Waals surface area contributed by atoms with Crippen LogP contribution < -0.4 is 4.72 Å². The van der Waals surface area contributed by atoms with Gasteiger partial charge in [-0.1, -0.05) is 11.6 Å². The number of nitrogens with one attached hydrogen (secondary N) is 2. The van der Waals surface area contributed by atoms with Crippen LogP contribution in [0, 0.1) is 10.1 Å². The first kappa shape index (κ1) is 15.3. The van der Waals surface area contributed by atoms with Crippen molar-refractivity contribution in [1.29, 1.82) is 0 Å². The Bertz CT molecular complexity index is 1020. The Balaban J connectivity index is 1.96. The monoisotopic (exact) mass is 352 g/mol. The molecular weight excluding hydrogens is 344 g/mol. The van der Waals surface area contributed by atoms with Gasteiger partial charge in [0.05, 0.1) is 33.0 Å². The molecule has 0 atom stereocenters. The van der Waals surface area contributed by atoms with Crippen LogP contribution in [-0.4, -0.2) is 23.3 Å². The van der Waals surface area contributed by atoms with Crippen molar-refractivity contribution in [3.8, 4) is 0 Å². The number of rotatable bonds is 4. The Hall–Kier alpha value is -2.65. The molecule has 0 bridgehead atoms. The topological polar surface area (TPSA) is 118 Å². The molecule has 8 nitrogen and oxygen atoms in total. The Labute approximate surface area is 135 Å². The Morgan fingerprint density at radius 2 is 2.00 bits per heavy atom. The zero-order valence-electron chi connectivity index (χ0n) is 11.4. The summed E-state index contributed by atoms with van der Waals surface area (Å²) in [5, 5.41) is 10.4. The zero-order chi connectivity index (χ0) is 16.6. The highest BCUT2D eigenvalue weighted by Crippen LogP contribution is 2.28. The molecule has 1 aromatic heterocycles. The van der Waals surface area contributed by atoms with Gasteiger partial charge in [-0.15, -0.1) is 0 Å². The first-order valence-electron chi connectivity index (χ1n) is 6.27. The number of halogens is 1. The van der Waals surface area contributed by atoms with E-state index in [2.05, 4.69) is 14.7 Å². The predicted octanol–water partition coefficient (Wildman–Crippen LogP) is 2.93. The minimum atomic E-state index is -3.98. The molecule has 1 heterocycles. The number of sulfonamides is 1. The van der Waals surface area contributed by atoms with E-state index in [1.54, 1.807) is 18.2 Å². The summed E-state index contributed by atoms with van der Waals surface area (Å²) in [5.41, 5.74) is 1.39. The van der Waals surface area contributed by atoms with E-state index in [1.165, 1.54) is 6.33 Å². The molecular formula is C13H9ClN4O4S. The lowest BCUT2D eigenvalue weighted by molar-refractivity contribution is -0.384. The molecule has 0 saturated heterocycles. The number of nitro benzene ring substituents is 1. The quantitative estimate of drug-likeness (QED) is 0.552. The summed E-state index contributed by atoms with van der Waals surface area (Å²) in [6.07, 6.45) is 1.50. The van der Waals surface area contributed by atoms with Gasteiger partial charge in [0, 0.05) is 12.1 Å². The van der Waals surface area contributed by atoms with Crippen molar-refractivity contribution < 1.29 is 13.3 Å². The normalized spacial score (nSPS) is 11.5. The number of imidazole rings is 1. The van der Waals surface area contributed by atoms with Crippen LogP contribution in [0.1, 0.15) is 0 Å². The number of hydrogen-bond donors (Lipinski definition) is 2. The largest absolute Gasteiger partial charge is 0.345 e. The molecule has 0 saturated carbocycles. The summed E-state index contributed by atoms with van der Waals surface area (Å²) in [5.74, 6) is 0. The maximum atomic E-state index is 12.4. The molecule has 2 aromatic carbocycles. The summed E-state index contributed by atoms with van der Waals surface area (Å²) in [6, 6.07) is 7.96. The molecule has 0 aliphatic heterocycles. The van der Waals surface area contributed by atoms with Crippen molar-refractivity contribution >= 4 is 44.0 Å². The Kier molecular flexibility index (Phi) is 3.66. The molecule has 0 unspecified atom stereocenters. The van der Waals surface area contributed by atoms with Crippen molar-refractivity contribution in [3.63, 3.8) is 0 Å². The standard InChI is InChI=1S/C13H9ClN4O4S/c14-10-6-9(18(19)20)2-4-13(10)23(21,22)17-8-1-3-11-12(5-8)16-7-15-11/h1-7,17H,(H,15,16). The van der Waals surface area contributed by atoms with E-state index in [9.17, 15) is 18.5 Å². The van der Waals surface area contributed by atoms with Gasteiger partial charge in [-0.3, -0.25) is 14.8 Å². The van der Waals surface area contributed by atoms with E-state index in [1.807, 2.05) is 0 Å². The first-order chi connectivity index (χ1) is 10.9. The molecule has 3 aromatic rings. The van der Waals surface area contributed by atoms with Crippen molar-refractivity contribution in [2.24, 2.45) is 0 Å². The second kappa shape index (κ2) is 5.52. The van der Waals surface area contributed by atoms with Crippen molar-refractivity contribution in [3.05, 3.63) is 57.9 Å². The smallest absolute Gasteiger partial charge is 0.271 e. The van der Waals surface area contributed by atoms with Crippen molar-refractivity contribution in [1.82, 2.24) is 9.97 Å². The Morgan fingerprint density at radius 3 is 2.70 bits per heavy atom. The lowest BCUT2D eigenvalue weighted by Crippen LogP contribution is -2.13. The highest BCUT2D eigenvalue weighted by atomic mass is 35.5. The second-order valence-electron chi connectivity index (χ2n) is 4.61. The van der Waals surface area contributed by atoms with Gasteiger partial charge < -0.3 is 4.98 Å². The third kappa shape index (κ3) is 2.96. The summed E-state index contributed by atoms with van der Waals surface area (Å²) in [6.45, 7) is 0. The van der Waals surface area contributed by atoms with Crippen molar-refractivity contribution in [2.45, 2.75) is 4.90 Å². The molecule has 23 heavy (non-hydrogen) atoms. The maximum Gasteiger partial charge on any atom is 0.271 e. The number of fused-ring (bicyclic) bond motifs is 1. The van der Waals surface area contributed by atoms with Crippen LogP contribution in [0.25, 0.3) is 11.0 Å². The third-order valence-electron chi connectivity index (χ3n) is 3.09. The number of anilines is 1. The number of benzene rings is 2. The average molecular weight is 353 g/mol. The molecule has 10 heteroatoms. The van der Waals surface area contributed by atoms with Crippen LogP contribution in [0.4, 0.5) is 11.4 Å². The Morgan fingerprint density at radius 1 is 1.22 bits per heavy atom. The van der Waals surface area contributed by atoms with Gasteiger partial charge in [0.1, 0.15) is 4.90 Å². The van der Waals surface area contributed by atoms with Crippen LogP contribution in [0.5, 0.6) is 0 Å². The van der Waals surface area contributed by atoms with Crippen LogP contribution in [-0.2, 0) is 10.0 Å². The van der Waals surface area contributed by atoms with Crippen LogP contribution in [0.3, 0.4) is 0 Å². The lowest BCUT2D eigenvalue weighted by Gasteiger charge is -2.09. The van der Waals surface area contributed by atoms with Gasteiger partial charge in [-0.25, -0.2) is 13.4 Å². The van der Waals surface area contributed by atoms with E-state index >= 15 is 0 Å². The fourth-order valence-corrected chi connectivity index (χ4v) is 3.62. The van der Waals surface area contributed by atoms with E-state index in [4.69, 9.17) is 11.6 Å². The lowest BCUT2D eigenvalue weighted by atomic mass is 10.3. The first-order valence-corrected chi connectivity index (χ1v) is 8.13. The molecule has 0 radical (unpaired) electrons. The fourth-order valence-electron chi connectivity index (χ4n) is 2.03. The average Bonchev–Trinajstić information content (AvgIpc) is 2.93. The van der Waals surface area contributed by atoms with Crippen LogP contribution in [0.2, 0.25) is 5.02 Å². The SMILES string of the molecule is O=[N+]([O-])c1ccc(S(=O)(=O)Nc2ccc3nc[nH]c3c2)c(Cl)c1. The number of hydrogen-bond acceptors (Lipinski definition) is 5. The number of nitrogens with zero attached hydrogens (tertiary/aromatic N) is 2. The van der Waals surface area contributed by atoms with Gasteiger partial charge in [-0.05, 0) is 24.3 Å². The minimum Gasteiger partial charge on any atom is -0.345 e. The van der Waals surface area contributed by atoms with Gasteiger partial charge in [0.15, 0.2) is 0 Å². The maximum absolute atomic E-state index is 12.4. The summed E-state index contributed by atoms with van der Waals surface area (Å²) < 4.78 is 27.1. The molecule has 0 fully saturated rings. The van der Waals surface area contributed by atoms with E-state index < -0.39 is 14.9 Å². The number of H-pyrrole nitrogens is 1. The summed E-state index contributed by atoms with van der Waals surface area (Å²) in [4.78, 5) is 16.7. The number of aromatic amines is 1. The van der Waals surface area contributed by atoms with Crippen LogP contribution in [0.15, 0.2) is 47.6 Å². The molecule has 118 valence electrons. The third-order valence-corrected chi connectivity index (χ3v) is 4.95. The van der Waals surface area contributed by atoms with Gasteiger partial charge in [0.2, 0.25) is 0 Å². The molecule has 3 rings (SSSR count). The van der Waals surface area contributed by atoms with E-state index in [-0.39, 0.29) is 15.6 Å². The zero-order valence-corrected chi connectivity index (χ0v) is 12.9. The molecule has 2 N–H and O–H groups in total. The number of aromatic nitrogens is 2. The molecule has 0 spiro atoms.